The van der Waals surface area contributed by atoms with Crippen LogP contribution in [0, 0.1) is 18.3 Å². The summed E-state index contributed by atoms with van der Waals surface area (Å²) < 4.78 is 20.7. The van der Waals surface area contributed by atoms with Gasteiger partial charge in [-0.3, -0.25) is 9.59 Å². The monoisotopic (exact) mass is 752 g/mol. The van der Waals surface area contributed by atoms with Crippen LogP contribution in [-0.4, -0.2) is 46.7 Å². The number of hydrogen-bond donors (Lipinski definition) is 0. The average Bonchev–Trinajstić information content (AvgIpc) is 3.42. The van der Waals surface area contributed by atoms with E-state index in [1.54, 1.807) is 11.3 Å². The molecule has 0 aliphatic carbocycles. The maximum Gasteiger partial charge on any atom is 0.309 e. The van der Waals surface area contributed by atoms with Crippen molar-refractivity contribution in [3.8, 4) is 0 Å². The second-order valence-electron chi connectivity index (χ2n) is 18.7. The molecule has 3 rings (SSSR count). The number of ether oxygens (including phenoxy) is 1. The van der Waals surface area contributed by atoms with E-state index in [-0.39, 0.29) is 40.3 Å². The number of thiophene rings is 1. The van der Waals surface area contributed by atoms with Gasteiger partial charge in [-0.25, -0.2) is 0 Å². The maximum absolute atomic E-state index is 15.1. The zero-order valence-corrected chi connectivity index (χ0v) is 37.7. The first-order valence-corrected chi connectivity index (χ1v) is 25.5. The molecule has 0 amide bonds. The third-order valence-electron chi connectivity index (χ3n) is 12.1. The highest BCUT2D eigenvalue weighted by molar-refractivity contribution is 7.10. The number of aryl methyl sites for hydroxylation is 1. The molecular formula is C43H68O5SSi2. The van der Waals surface area contributed by atoms with Crippen molar-refractivity contribution in [3.63, 3.8) is 0 Å². The first-order chi connectivity index (χ1) is 23.2. The van der Waals surface area contributed by atoms with E-state index >= 15 is 4.79 Å². The number of benzene rings is 1. The molecule has 0 saturated carbocycles. The predicted molar refractivity (Wildman–Crippen MR) is 222 cm³/mol. The molecule has 0 spiro atoms. The Bertz CT molecular complexity index is 1600. The normalized spacial score (nSPS) is 26.0. The number of fused-ring (bicyclic) bond motifs is 2. The van der Waals surface area contributed by atoms with Crippen LogP contribution in [0.2, 0.25) is 36.3 Å². The van der Waals surface area contributed by atoms with E-state index in [1.165, 1.54) is 4.88 Å². The molecule has 0 radical (unpaired) electrons. The van der Waals surface area contributed by atoms with Gasteiger partial charge in [-0.15, -0.1) is 11.3 Å². The molecule has 1 aromatic heterocycles. The zero-order valence-electron chi connectivity index (χ0n) is 34.9. The average molecular weight is 753 g/mol. The molecule has 1 aliphatic heterocycles. The highest BCUT2D eigenvalue weighted by Crippen LogP contribution is 2.45. The van der Waals surface area contributed by atoms with E-state index in [2.05, 4.69) is 136 Å². The van der Waals surface area contributed by atoms with E-state index in [9.17, 15) is 4.79 Å². The van der Waals surface area contributed by atoms with E-state index < -0.39 is 40.2 Å². The van der Waals surface area contributed by atoms with Gasteiger partial charge < -0.3 is 13.6 Å². The summed E-state index contributed by atoms with van der Waals surface area (Å²) in [6.45, 7) is 36.6. The van der Waals surface area contributed by atoms with Crippen LogP contribution < -0.4 is 0 Å². The lowest BCUT2D eigenvalue weighted by molar-refractivity contribution is -0.153. The Labute approximate surface area is 316 Å². The minimum absolute atomic E-state index is 0.00956. The van der Waals surface area contributed by atoms with Crippen LogP contribution in [0.3, 0.4) is 0 Å². The van der Waals surface area contributed by atoms with Crippen molar-refractivity contribution in [1.29, 1.82) is 0 Å². The smallest absolute Gasteiger partial charge is 0.309 e. The SMILES string of the molecule is C/C1=C/C[C@@H](/C(C)=C/c2csc(C)c2)OC(=O)C[C@H](O[Si](C)(C)C(C)(C)C)C(C)(C)C(=O)[C@H](C)[C@@H](O[Si](C)(C)C(C)(C)C)[C@@H](C)c2cccc1c2. The van der Waals surface area contributed by atoms with Gasteiger partial charge in [0.2, 0.25) is 0 Å². The Morgan fingerprint density at radius 2 is 1.51 bits per heavy atom. The van der Waals surface area contributed by atoms with Crippen LogP contribution in [0.15, 0.2) is 47.4 Å². The molecule has 1 aromatic carbocycles. The fourth-order valence-electron chi connectivity index (χ4n) is 6.26. The van der Waals surface area contributed by atoms with Crippen molar-refractivity contribution in [3.05, 3.63) is 68.9 Å². The number of hydrogen-bond acceptors (Lipinski definition) is 6. The lowest BCUT2D eigenvalue weighted by Crippen LogP contribution is -2.54. The van der Waals surface area contributed by atoms with Crippen molar-refractivity contribution in [2.45, 2.75) is 163 Å². The molecule has 8 heteroatoms. The van der Waals surface area contributed by atoms with Gasteiger partial charge in [-0.2, -0.15) is 0 Å². The molecule has 0 saturated heterocycles. The van der Waals surface area contributed by atoms with Crippen molar-refractivity contribution in [2.24, 2.45) is 11.3 Å². The molecule has 5 atom stereocenters. The molecule has 284 valence electrons. The van der Waals surface area contributed by atoms with E-state index in [0.29, 0.717) is 6.42 Å². The second-order valence-corrected chi connectivity index (χ2v) is 29.3. The topological polar surface area (TPSA) is 61.8 Å². The molecule has 0 N–H and O–H groups in total. The van der Waals surface area contributed by atoms with Crippen LogP contribution in [0.4, 0.5) is 0 Å². The molecule has 2 heterocycles. The van der Waals surface area contributed by atoms with Crippen LogP contribution in [0.5, 0.6) is 0 Å². The van der Waals surface area contributed by atoms with E-state index in [4.69, 9.17) is 13.6 Å². The number of Topliss-reactive ketones (excluding diaryl/α,β-unsaturated/α-hetero) is 1. The van der Waals surface area contributed by atoms with Gasteiger partial charge in [-0.1, -0.05) is 106 Å². The molecule has 0 unspecified atom stereocenters. The Hall–Kier alpha value is -2.11. The highest BCUT2D eigenvalue weighted by Gasteiger charge is 2.50. The van der Waals surface area contributed by atoms with Gasteiger partial charge >= 0.3 is 5.97 Å². The number of rotatable bonds is 6. The number of carbonyl (C=O) groups is 2. The summed E-state index contributed by atoms with van der Waals surface area (Å²) in [5.74, 6) is -0.805. The molecular weight excluding hydrogens is 685 g/mol. The van der Waals surface area contributed by atoms with E-state index in [0.717, 1.165) is 27.8 Å². The first kappa shape index (κ1) is 43.3. The summed E-state index contributed by atoms with van der Waals surface area (Å²) in [6.07, 6.45) is 3.35. The number of cyclic esters (lactones) is 1. The van der Waals surface area contributed by atoms with Crippen molar-refractivity contribution >= 4 is 51.4 Å². The molecule has 5 nitrogen and oxygen atoms in total. The lowest BCUT2D eigenvalue weighted by atomic mass is 9.72. The Kier molecular flexibility index (Phi) is 13.7. The van der Waals surface area contributed by atoms with Crippen molar-refractivity contribution in [1.82, 2.24) is 0 Å². The fraction of sp³-hybridized carbons (Fsp3) is 0.628. The van der Waals surface area contributed by atoms with Crippen molar-refractivity contribution < 1.29 is 23.2 Å². The molecule has 0 fully saturated rings. The van der Waals surface area contributed by atoms with Crippen LogP contribution in [0.1, 0.15) is 123 Å². The van der Waals surface area contributed by atoms with Gasteiger partial charge in [-0.05, 0) is 96.3 Å². The summed E-state index contributed by atoms with van der Waals surface area (Å²) in [6, 6.07) is 10.8. The third-order valence-corrected chi connectivity index (χ3v) is 21.9. The van der Waals surface area contributed by atoms with Gasteiger partial charge in [0.15, 0.2) is 16.6 Å². The minimum atomic E-state index is -2.42. The fourth-order valence-corrected chi connectivity index (χ4v) is 9.81. The molecule has 1 aliphatic rings. The Morgan fingerprint density at radius 1 is 0.922 bits per heavy atom. The molecule has 2 aromatic rings. The van der Waals surface area contributed by atoms with Crippen molar-refractivity contribution in [2.75, 3.05) is 0 Å². The van der Waals surface area contributed by atoms with Gasteiger partial charge in [0.05, 0.1) is 18.6 Å². The van der Waals surface area contributed by atoms with Crippen LogP contribution >= 0.6 is 11.3 Å². The summed E-state index contributed by atoms with van der Waals surface area (Å²) >= 11 is 1.71. The number of allylic oxidation sites excluding steroid dienone is 1. The Balaban J connectivity index is 2.25. The quantitative estimate of drug-likeness (QED) is 0.217. The maximum atomic E-state index is 15.1. The summed E-state index contributed by atoms with van der Waals surface area (Å²) in [4.78, 5) is 30.4. The Morgan fingerprint density at radius 3 is 2.06 bits per heavy atom. The summed E-state index contributed by atoms with van der Waals surface area (Å²) in [7, 11) is -4.72. The van der Waals surface area contributed by atoms with Gasteiger partial charge in [0.25, 0.3) is 0 Å². The standard InChI is InChI=1S/C43H68O5SSi2/c1-28-21-22-36(29(2)23-33-24-30(3)49-27-33)46-38(44)26-37(47-50(14,15)41(6,7)8)43(12,13)40(45)32(5)39(48-51(16,17)42(9,10)11)31(4)35-20-18-19-34(28)25-35/h18-21,23-25,27,31-32,36-37,39H,22,26H2,1-17H3/b28-21-,29-23+/t31-,32+,36-,37-,39-/m0/s1. The second kappa shape index (κ2) is 16.1. The molecule has 2 bridgehead atoms. The molecule has 51 heavy (non-hydrogen) atoms. The number of carbonyl (C=O) groups excluding carboxylic acids is 2. The van der Waals surface area contributed by atoms with Crippen LogP contribution in [-0.2, 0) is 23.2 Å². The summed E-state index contributed by atoms with van der Waals surface area (Å²) in [5, 5.41) is 1.97. The van der Waals surface area contributed by atoms with E-state index in [1.807, 2.05) is 27.7 Å². The zero-order chi connectivity index (χ0) is 38.9. The van der Waals surface area contributed by atoms with Gasteiger partial charge in [0.1, 0.15) is 11.9 Å². The minimum Gasteiger partial charge on any atom is -0.457 e. The van der Waals surface area contributed by atoms with Crippen LogP contribution in [0.25, 0.3) is 11.6 Å². The lowest BCUT2D eigenvalue weighted by Gasteiger charge is -2.46. The highest BCUT2D eigenvalue weighted by atomic mass is 32.1. The van der Waals surface area contributed by atoms with Gasteiger partial charge in [0, 0.05) is 28.5 Å². The first-order valence-electron chi connectivity index (χ1n) is 18.8. The predicted octanol–water partition coefficient (Wildman–Crippen LogP) is 12.4. The number of esters is 1. The third kappa shape index (κ3) is 10.5. The number of ketones is 1. The summed E-state index contributed by atoms with van der Waals surface area (Å²) in [5.41, 5.74) is 4.46. The largest absolute Gasteiger partial charge is 0.457 e.